The Kier molecular flexibility index (Phi) is 4.59. The molecule has 0 radical (unpaired) electrons. The number of carbonyl (C=O) groups is 2. The van der Waals surface area contributed by atoms with Crippen LogP contribution in [0.1, 0.15) is 28.7 Å². The number of hydrogen-bond acceptors (Lipinski definition) is 5. The van der Waals surface area contributed by atoms with Crippen LogP contribution in [0.5, 0.6) is 5.75 Å². The third-order valence-electron chi connectivity index (χ3n) is 5.30. The number of β-amino-alcohol motifs (C(OH)–C–C–N with tert-alkyl or cyclic N) is 1. The molecule has 1 saturated heterocycles. The van der Waals surface area contributed by atoms with E-state index >= 15 is 0 Å². The standard InChI is InChI=1S/C22H23NO5/c1-14-9-15(2)11-18(10-14)27-13-17(24)12-23-20(25)22(28-21(23)26)8-7-16-5-3-4-6-19(16)22/h3-6,9-11,17,24H,7-8,12-13H2,1-2H3/t17-,22+/m1/s1. The van der Waals surface area contributed by atoms with Crippen molar-refractivity contribution in [2.75, 3.05) is 13.2 Å². The number of aliphatic hydroxyl groups is 1. The summed E-state index contributed by atoms with van der Waals surface area (Å²) in [6.07, 6.45) is -0.611. The van der Waals surface area contributed by atoms with Gasteiger partial charge in [0.15, 0.2) is 0 Å². The number of ether oxygens (including phenoxy) is 2. The van der Waals surface area contributed by atoms with Gasteiger partial charge < -0.3 is 14.6 Å². The zero-order valence-corrected chi connectivity index (χ0v) is 16.0. The predicted octanol–water partition coefficient (Wildman–Crippen LogP) is 2.86. The molecule has 0 bridgehead atoms. The van der Waals surface area contributed by atoms with Crippen LogP contribution in [0, 0.1) is 13.8 Å². The number of nitrogens with zero attached hydrogens (tertiary/aromatic N) is 1. The first kappa shape index (κ1) is 18.5. The molecule has 1 heterocycles. The quantitative estimate of drug-likeness (QED) is 0.862. The summed E-state index contributed by atoms with van der Waals surface area (Å²) in [4.78, 5) is 26.4. The molecule has 0 unspecified atom stereocenters. The minimum absolute atomic E-state index is 0.0243. The van der Waals surface area contributed by atoms with Crippen LogP contribution < -0.4 is 4.74 Å². The van der Waals surface area contributed by atoms with Gasteiger partial charge in [0.25, 0.3) is 5.91 Å². The minimum Gasteiger partial charge on any atom is -0.491 e. The van der Waals surface area contributed by atoms with Crippen molar-refractivity contribution < 1.29 is 24.2 Å². The third-order valence-corrected chi connectivity index (χ3v) is 5.30. The molecule has 28 heavy (non-hydrogen) atoms. The number of aliphatic hydroxyl groups excluding tert-OH is 1. The summed E-state index contributed by atoms with van der Waals surface area (Å²) in [5, 5.41) is 10.3. The highest BCUT2D eigenvalue weighted by molar-refractivity contribution is 6.04. The molecule has 1 aliphatic heterocycles. The van der Waals surface area contributed by atoms with Crippen molar-refractivity contribution in [1.82, 2.24) is 4.90 Å². The van der Waals surface area contributed by atoms with E-state index in [0.29, 0.717) is 18.6 Å². The van der Waals surface area contributed by atoms with Gasteiger partial charge in [-0.05, 0) is 49.1 Å². The molecule has 4 rings (SSSR count). The number of imide groups is 1. The van der Waals surface area contributed by atoms with Crippen LogP contribution in [0.4, 0.5) is 4.79 Å². The fourth-order valence-electron chi connectivity index (χ4n) is 4.08. The first-order valence-electron chi connectivity index (χ1n) is 9.41. The van der Waals surface area contributed by atoms with E-state index in [4.69, 9.17) is 9.47 Å². The minimum atomic E-state index is -1.25. The fourth-order valence-corrected chi connectivity index (χ4v) is 4.08. The molecule has 2 atom stereocenters. The molecule has 6 nitrogen and oxygen atoms in total. The van der Waals surface area contributed by atoms with Gasteiger partial charge in [-0.3, -0.25) is 4.79 Å². The van der Waals surface area contributed by atoms with Crippen LogP contribution in [-0.4, -0.2) is 41.3 Å². The molecule has 6 heteroatoms. The second kappa shape index (κ2) is 6.95. The highest BCUT2D eigenvalue weighted by Crippen LogP contribution is 2.45. The summed E-state index contributed by atoms with van der Waals surface area (Å²) in [6.45, 7) is 3.75. The van der Waals surface area contributed by atoms with Crippen molar-refractivity contribution in [2.45, 2.75) is 38.4 Å². The lowest BCUT2D eigenvalue weighted by atomic mass is 9.95. The summed E-state index contributed by atoms with van der Waals surface area (Å²) >= 11 is 0. The molecule has 1 fully saturated rings. The summed E-state index contributed by atoms with van der Waals surface area (Å²) in [5.41, 5.74) is 2.64. The Balaban J connectivity index is 1.44. The number of aryl methyl sites for hydroxylation is 3. The predicted molar refractivity (Wildman–Crippen MR) is 102 cm³/mol. The normalized spacial score (nSPS) is 21.8. The van der Waals surface area contributed by atoms with E-state index in [9.17, 15) is 14.7 Å². The number of rotatable bonds is 5. The van der Waals surface area contributed by atoms with Gasteiger partial charge in [-0.2, -0.15) is 0 Å². The molecular formula is C22H23NO5. The van der Waals surface area contributed by atoms with E-state index < -0.39 is 23.7 Å². The van der Waals surface area contributed by atoms with E-state index in [-0.39, 0.29) is 13.2 Å². The maximum Gasteiger partial charge on any atom is 0.418 e. The Morgan fingerprint density at radius 3 is 2.64 bits per heavy atom. The van der Waals surface area contributed by atoms with Gasteiger partial charge in [-0.15, -0.1) is 0 Å². The molecule has 2 aromatic rings. The number of benzene rings is 2. The highest BCUT2D eigenvalue weighted by atomic mass is 16.6. The van der Waals surface area contributed by atoms with Gasteiger partial charge in [0.1, 0.15) is 18.5 Å². The average Bonchev–Trinajstić information content (AvgIpc) is 3.13. The Labute approximate surface area is 163 Å². The molecular weight excluding hydrogens is 358 g/mol. The smallest absolute Gasteiger partial charge is 0.418 e. The Morgan fingerprint density at radius 2 is 1.89 bits per heavy atom. The molecule has 2 amide bonds. The lowest BCUT2D eigenvalue weighted by Crippen LogP contribution is -2.42. The van der Waals surface area contributed by atoms with E-state index in [2.05, 4.69) is 0 Å². The first-order chi connectivity index (χ1) is 13.4. The molecule has 1 N–H and O–H groups in total. The summed E-state index contributed by atoms with van der Waals surface area (Å²) in [7, 11) is 0. The fraction of sp³-hybridized carbons (Fsp3) is 0.364. The average molecular weight is 381 g/mol. The number of amides is 2. The van der Waals surface area contributed by atoms with Crippen LogP contribution in [0.3, 0.4) is 0 Å². The molecule has 1 spiro atoms. The van der Waals surface area contributed by atoms with Crippen LogP contribution in [0.15, 0.2) is 42.5 Å². The second-order valence-electron chi connectivity index (χ2n) is 7.56. The van der Waals surface area contributed by atoms with Gasteiger partial charge in [-0.25, -0.2) is 9.69 Å². The highest BCUT2D eigenvalue weighted by Gasteiger charge is 2.58. The van der Waals surface area contributed by atoms with Crippen molar-refractivity contribution in [3.05, 3.63) is 64.7 Å². The largest absolute Gasteiger partial charge is 0.491 e. The molecule has 0 aromatic heterocycles. The molecule has 2 aliphatic rings. The lowest BCUT2D eigenvalue weighted by Gasteiger charge is -2.21. The zero-order chi connectivity index (χ0) is 19.9. The first-order valence-corrected chi connectivity index (χ1v) is 9.41. The van der Waals surface area contributed by atoms with E-state index in [1.807, 2.05) is 56.3 Å². The van der Waals surface area contributed by atoms with Crippen LogP contribution in [0.2, 0.25) is 0 Å². The SMILES string of the molecule is Cc1cc(C)cc(OC[C@H](O)CN2C(=O)O[C@]3(CCc4ccccc43)C2=O)c1. The van der Waals surface area contributed by atoms with Gasteiger partial charge in [0.2, 0.25) is 5.60 Å². The summed E-state index contributed by atoms with van der Waals surface area (Å²) in [5.74, 6) is 0.237. The molecule has 2 aromatic carbocycles. The zero-order valence-electron chi connectivity index (χ0n) is 16.0. The van der Waals surface area contributed by atoms with Gasteiger partial charge in [0, 0.05) is 12.0 Å². The third kappa shape index (κ3) is 3.14. The Morgan fingerprint density at radius 1 is 1.18 bits per heavy atom. The van der Waals surface area contributed by atoms with Crippen molar-refractivity contribution >= 4 is 12.0 Å². The van der Waals surface area contributed by atoms with Gasteiger partial charge in [0.05, 0.1) is 6.54 Å². The molecule has 146 valence electrons. The van der Waals surface area contributed by atoms with E-state index in [0.717, 1.165) is 27.2 Å². The topological polar surface area (TPSA) is 76.1 Å². The van der Waals surface area contributed by atoms with Crippen molar-refractivity contribution in [1.29, 1.82) is 0 Å². The molecule has 0 saturated carbocycles. The summed E-state index contributed by atoms with van der Waals surface area (Å²) < 4.78 is 11.2. The van der Waals surface area contributed by atoms with Crippen LogP contribution in [-0.2, 0) is 21.6 Å². The van der Waals surface area contributed by atoms with Crippen molar-refractivity contribution in [3.63, 3.8) is 0 Å². The van der Waals surface area contributed by atoms with E-state index in [1.54, 1.807) is 0 Å². The van der Waals surface area contributed by atoms with Gasteiger partial charge >= 0.3 is 6.09 Å². The number of hydrogen-bond donors (Lipinski definition) is 1. The lowest BCUT2D eigenvalue weighted by molar-refractivity contribution is -0.138. The Bertz CT molecular complexity index is 920. The summed E-state index contributed by atoms with van der Waals surface area (Å²) in [6, 6.07) is 13.3. The maximum absolute atomic E-state index is 13.0. The molecule has 1 aliphatic carbocycles. The monoisotopic (exact) mass is 381 g/mol. The van der Waals surface area contributed by atoms with Crippen LogP contribution >= 0.6 is 0 Å². The van der Waals surface area contributed by atoms with E-state index in [1.165, 1.54) is 0 Å². The maximum atomic E-state index is 13.0. The van der Waals surface area contributed by atoms with Crippen molar-refractivity contribution in [3.8, 4) is 5.75 Å². The Hall–Kier alpha value is -2.86. The van der Waals surface area contributed by atoms with Crippen LogP contribution in [0.25, 0.3) is 0 Å². The number of carbonyl (C=O) groups excluding carboxylic acids is 2. The second-order valence-corrected chi connectivity index (χ2v) is 7.56. The van der Waals surface area contributed by atoms with Crippen molar-refractivity contribution in [2.24, 2.45) is 0 Å². The number of fused-ring (bicyclic) bond motifs is 2. The van der Waals surface area contributed by atoms with Gasteiger partial charge in [-0.1, -0.05) is 30.3 Å².